The monoisotopic (exact) mass is 652 g/mol. The van der Waals surface area contributed by atoms with Gasteiger partial charge in [-0.2, -0.15) is 0 Å². The smallest absolute Gasteiger partial charge is 0.210 e. The molecular weight excluding hydrogens is 644 g/mol. The van der Waals surface area contributed by atoms with Crippen molar-refractivity contribution in [1.29, 1.82) is 0 Å². The predicted molar refractivity (Wildman–Crippen MR) is 114 cm³/mol. The molecule has 0 aliphatic heterocycles. The number of halogens is 4. The van der Waals surface area contributed by atoms with Crippen molar-refractivity contribution < 1.29 is 16.8 Å². The molecule has 0 aliphatic carbocycles. The van der Waals surface area contributed by atoms with Gasteiger partial charge in [0, 0.05) is 31.0 Å². The third-order valence-electron chi connectivity index (χ3n) is 3.07. The highest BCUT2D eigenvalue weighted by atomic mass is 79.9. The summed E-state index contributed by atoms with van der Waals surface area (Å²) in [5.41, 5.74) is 0. The Labute approximate surface area is 185 Å². The van der Waals surface area contributed by atoms with Gasteiger partial charge in [-0.1, -0.05) is 31.9 Å². The van der Waals surface area contributed by atoms with E-state index in [-0.39, 0.29) is 22.9 Å². The molecule has 2 aromatic rings. The molecule has 2 aromatic carbocycles. The number of hydrogen-bond acceptors (Lipinski definition) is 4. The van der Waals surface area contributed by atoms with Gasteiger partial charge in [-0.15, -0.1) is 0 Å². The van der Waals surface area contributed by atoms with Crippen LogP contribution in [0.15, 0.2) is 64.1 Å². The maximum absolute atomic E-state index is 12.3. The minimum absolute atomic E-state index is 0.0597. The number of rotatable bonds is 7. The van der Waals surface area contributed by atoms with E-state index in [4.69, 9.17) is 0 Å². The summed E-state index contributed by atoms with van der Waals surface area (Å²) in [4.78, 5) is 0.119. The van der Waals surface area contributed by atoms with Crippen LogP contribution in [0.4, 0.5) is 0 Å². The van der Waals surface area contributed by atoms with E-state index in [1.807, 2.05) is 0 Å². The first-order valence-corrected chi connectivity index (χ1v) is 13.1. The van der Waals surface area contributed by atoms with Gasteiger partial charge in [-0.3, -0.25) is 0 Å². The van der Waals surface area contributed by atoms with Crippen molar-refractivity contribution in [2.24, 2.45) is 0 Å². The number of nitrogens with one attached hydrogen (secondary N) is 2. The van der Waals surface area contributed by atoms with E-state index in [2.05, 4.69) is 73.2 Å². The molecule has 2 rings (SSSR count). The molecule has 0 aromatic heterocycles. The summed E-state index contributed by atoms with van der Waals surface area (Å²) in [6.45, 7) is -0.210. The molecule has 0 bridgehead atoms. The SMILES string of the molecule is O=S(=O)(NCCNS(=O)(=O)c1cc(Br)ccc1Br)c1cc(Br)ccc1Br. The normalized spacial score (nSPS) is 12.3. The van der Waals surface area contributed by atoms with Gasteiger partial charge in [0.15, 0.2) is 0 Å². The zero-order chi connectivity index (χ0) is 19.5. The first-order valence-electron chi connectivity index (χ1n) is 6.92. The van der Waals surface area contributed by atoms with E-state index in [1.54, 1.807) is 24.3 Å². The van der Waals surface area contributed by atoms with Crippen molar-refractivity contribution in [2.75, 3.05) is 13.1 Å². The van der Waals surface area contributed by atoms with Crippen LogP contribution in [0.5, 0.6) is 0 Å². The molecule has 0 heterocycles. The molecule has 0 radical (unpaired) electrons. The molecular formula is C14H12Br4N2O4S2. The van der Waals surface area contributed by atoms with Gasteiger partial charge < -0.3 is 0 Å². The Kier molecular flexibility index (Phi) is 7.88. The van der Waals surface area contributed by atoms with Crippen molar-refractivity contribution in [3.05, 3.63) is 54.3 Å². The molecule has 12 heteroatoms. The van der Waals surface area contributed by atoms with Gasteiger partial charge in [0.2, 0.25) is 20.0 Å². The molecule has 0 unspecified atom stereocenters. The third-order valence-corrected chi connectivity index (χ3v) is 8.97. The fourth-order valence-corrected chi connectivity index (χ4v) is 6.96. The molecule has 26 heavy (non-hydrogen) atoms. The highest BCUT2D eigenvalue weighted by molar-refractivity contribution is 9.11. The van der Waals surface area contributed by atoms with Crippen LogP contribution in [-0.4, -0.2) is 29.9 Å². The molecule has 0 saturated heterocycles. The van der Waals surface area contributed by atoms with Crippen molar-refractivity contribution in [3.8, 4) is 0 Å². The van der Waals surface area contributed by atoms with Gasteiger partial charge in [0.1, 0.15) is 0 Å². The van der Waals surface area contributed by atoms with E-state index in [1.165, 1.54) is 12.1 Å². The van der Waals surface area contributed by atoms with Crippen molar-refractivity contribution >= 4 is 83.8 Å². The summed E-state index contributed by atoms with van der Waals surface area (Å²) >= 11 is 12.8. The van der Waals surface area contributed by atoms with Crippen molar-refractivity contribution in [1.82, 2.24) is 9.44 Å². The Hall–Kier alpha value is 0.180. The molecule has 6 nitrogen and oxygen atoms in total. The first kappa shape index (κ1) is 22.5. The Balaban J connectivity index is 2.04. The zero-order valence-electron chi connectivity index (χ0n) is 12.8. The van der Waals surface area contributed by atoms with Crippen molar-refractivity contribution in [2.45, 2.75) is 9.79 Å². The minimum Gasteiger partial charge on any atom is -0.210 e. The van der Waals surface area contributed by atoms with E-state index < -0.39 is 20.0 Å². The molecule has 2 N–H and O–H groups in total. The largest absolute Gasteiger partial charge is 0.241 e. The fraction of sp³-hybridized carbons (Fsp3) is 0.143. The van der Waals surface area contributed by atoms with Crippen LogP contribution in [0, 0.1) is 0 Å². The second-order valence-corrected chi connectivity index (χ2v) is 12.0. The van der Waals surface area contributed by atoms with Crippen molar-refractivity contribution in [3.63, 3.8) is 0 Å². The lowest BCUT2D eigenvalue weighted by Crippen LogP contribution is -2.35. The van der Waals surface area contributed by atoms with Crippen LogP contribution >= 0.6 is 63.7 Å². The Morgan fingerprint density at radius 1 is 0.654 bits per heavy atom. The lowest BCUT2D eigenvalue weighted by molar-refractivity contribution is 0.570. The number of benzene rings is 2. The van der Waals surface area contributed by atoms with Crippen LogP contribution in [-0.2, 0) is 20.0 Å². The molecule has 0 amide bonds. The lowest BCUT2D eigenvalue weighted by Gasteiger charge is -2.11. The van der Waals surface area contributed by atoms with Crippen LogP contribution < -0.4 is 9.44 Å². The lowest BCUT2D eigenvalue weighted by atomic mass is 10.4. The van der Waals surface area contributed by atoms with Gasteiger partial charge in [-0.25, -0.2) is 26.3 Å². The minimum atomic E-state index is -3.79. The average Bonchev–Trinajstić information content (AvgIpc) is 2.56. The Morgan fingerprint density at radius 2 is 1.00 bits per heavy atom. The van der Waals surface area contributed by atoms with Gasteiger partial charge in [0.25, 0.3) is 0 Å². The average molecular weight is 656 g/mol. The topological polar surface area (TPSA) is 92.3 Å². The highest BCUT2D eigenvalue weighted by Gasteiger charge is 2.20. The first-order chi connectivity index (χ1) is 12.0. The summed E-state index contributed by atoms with van der Waals surface area (Å²) in [6.07, 6.45) is 0. The van der Waals surface area contributed by atoms with Gasteiger partial charge >= 0.3 is 0 Å². The van der Waals surface area contributed by atoms with E-state index in [0.29, 0.717) is 17.9 Å². The summed E-state index contributed by atoms with van der Waals surface area (Å²) < 4.78 is 56.2. The molecule has 0 saturated carbocycles. The summed E-state index contributed by atoms with van der Waals surface area (Å²) in [5.74, 6) is 0. The second-order valence-electron chi connectivity index (χ2n) is 4.95. The number of hydrogen-bond donors (Lipinski definition) is 2. The third kappa shape index (κ3) is 5.84. The quantitative estimate of drug-likeness (QED) is 0.442. The Bertz CT molecular complexity index is 944. The van der Waals surface area contributed by atoms with Gasteiger partial charge in [0.05, 0.1) is 9.79 Å². The summed E-state index contributed by atoms with van der Waals surface area (Å²) in [5, 5.41) is 0. The molecule has 0 spiro atoms. The van der Waals surface area contributed by atoms with Crippen LogP contribution in [0.25, 0.3) is 0 Å². The highest BCUT2D eigenvalue weighted by Crippen LogP contribution is 2.26. The summed E-state index contributed by atoms with van der Waals surface area (Å²) in [7, 11) is -7.58. The van der Waals surface area contributed by atoms with Crippen LogP contribution in [0.1, 0.15) is 0 Å². The van der Waals surface area contributed by atoms with E-state index in [0.717, 1.165) is 0 Å². The predicted octanol–water partition coefficient (Wildman–Crippen LogP) is 3.99. The van der Waals surface area contributed by atoms with Crippen LogP contribution in [0.3, 0.4) is 0 Å². The molecule has 0 aliphatic rings. The maximum Gasteiger partial charge on any atom is 0.241 e. The summed E-state index contributed by atoms with van der Waals surface area (Å²) in [6, 6.07) is 9.52. The van der Waals surface area contributed by atoms with Gasteiger partial charge in [-0.05, 0) is 68.3 Å². The molecule has 0 fully saturated rings. The Morgan fingerprint density at radius 3 is 1.35 bits per heavy atom. The fourth-order valence-electron chi connectivity index (χ4n) is 1.89. The standard InChI is InChI=1S/C14H12Br4N2O4S2/c15-9-1-3-11(17)13(7-9)25(21,22)19-5-6-20-26(23,24)14-8-10(16)2-4-12(14)18/h1-4,7-8,19-20H,5-6H2. The van der Waals surface area contributed by atoms with Crippen LogP contribution in [0.2, 0.25) is 0 Å². The second kappa shape index (κ2) is 9.12. The van der Waals surface area contributed by atoms with E-state index >= 15 is 0 Å². The molecule has 0 atom stereocenters. The number of sulfonamides is 2. The molecule has 142 valence electrons. The zero-order valence-corrected chi connectivity index (χ0v) is 20.8. The maximum atomic E-state index is 12.3. The van der Waals surface area contributed by atoms with E-state index in [9.17, 15) is 16.8 Å².